The van der Waals surface area contributed by atoms with E-state index < -0.39 is 0 Å². The normalized spacial score (nSPS) is 46.0. The first-order chi connectivity index (χ1) is 4.17. The third-order valence-electron chi connectivity index (χ3n) is 2.55. The van der Waals surface area contributed by atoms with Crippen molar-refractivity contribution in [3.05, 3.63) is 0 Å². The van der Waals surface area contributed by atoms with Gasteiger partial charge in [-0.1, -0.05) is 13.8 Å². The smallest absolute Gasteiger partial charge is 0.0847 e. The van der Waals surface area contributed by atoms with Gasteiger partial charge in [0.1, 0.15) is 0 Å². The van der Waals surface area contributed by atoms with Crippen molar-refractivity contribution in [2.45, 2.75) is 45.3 Å². The predicted molar refractivity (Wildman–Crippen MR) is 36.3 cm³/mol. The molecular weight excluding hydrogens is 112 g/mol. The number of hydrogen-bond donors (Lipinski definition) is 0. The van der Waals surface area contributed by atoms with Crippen LogP contribution >= 0.6 is 0 Å². The van der Waals surface area contributed by atoms with Crippen molar-refractivity contribution in [1.29, 1.82) is 0 Å². The Morgan fingerprint density at radius 1 is 1.33 bits per heavy atom. The van der Waals surface area contributed by atoms with Crippen LogP contribution in [0.15, 0.2) is 0 Å². The van der Waals surface area contributed by atoms with Gasteiger partial charge in [-0.25, -0.2) is 0 Å². The van der Waals surface area contributed by atoms with Crippen LogP contribution < -0.4 is 0 Å². The molecule has 0 N–H and O–H groups in total. The first-order valence-electron chi connectivity index (χ1n) is 3.83. The summed E-state index contributed by atoms with van der Waals surface area (Å²) in [4.78, 5) is 0. The summed E-state index contributed by atoms with van der Waals surface area (Å²) >= 11 is 0. The van der Waals surface area contributed by atoms with Gasteiger partial charge < -0.3 is 4.74 Å². The van der Waals surface area contributed by atoms with E-state index in [1.165, 1.54) is 19.3 Å². The summed E-state index contributed by atoms with van der Waals surface area (Å²) in [6.07, 6.45) is 5.26. The summed E-state index contributed by atoms with van der Waals surface area (Å²) in [5.74, 6) is 0. The van der Waals surface area contributed by atoms with Crippen molar-refractivity contribution in [1.82, 2.24) is 0 Å². The first kappa shape index (κ1) is 5.72. The van der Waals surface area contributed by atoms with Crippen LogP contribution in [0.5, 0.6) is 0 Å². The molecule has 1 aliphatic carbocycles. The van der Waals surface area contributed by atoms with Crippen LogP contribution in [0.3, 0.4) is 0 Å². The monoisotopic (exact) mass is 126 g/mol. The molecule has 1 nitrogen and oxygen atoms in total. The molecule has 1 saturated heterocycles. The Morgan fingerprint density at radius 3 is 2.67 bits per heavy atom. The molecule has 2 atom stereocenters. The second-order valence-electron chi connectivity index (χ2n) is 4.12. The largest absolute Gasteiger partial charge is 0.370 e. The van der Waals surface area contributed by atoms with Crippen molar-refractivity contribution in [2.75, 3.05) is 0 Å². The van der Waals surface area contributed by atoms with Crippen LogP contribution in [-0.4, -0.2) is 12.2 Å². The zero-order chi connectivity index (χ0) is 6.48. The average Bonchev–Trinajstić information content (AvgIpc) is 2.41. The van der Waals surface area contributed by atoms with Crippen molar-refractivity contribution >= 4 is 0 Å². The summed E-state index contributed by atoms with van der Waals surface area (Å²) in [5, 5.41) is 0. The molecule has 0 aromatic heterocycles. The number of ether oxygens (including phenoxy) is 1. The summed E-state index contributed by atoms with van der Waals surface area (Å²) in [6, 6.07) is 0. The van der Waals surface area contributed by atoms with E-state index >= 15 is 0 Å². The lowest BCUT2D eigenvalue weighted by atomic mass is 9.78. The maximum Gasteiger partial charge on any atom is 0.0847 e. The van der Waals surface area contributed by atoms with E-state index in [1.54, 1.807) is 0 Å². The van der Waals surface area contributed by atoms with E-state index in [0.29, 0.717) is 17.6 Å². The number of hydrogen-bond acceptors (Lipinski definition) is 1. The van der Waals surface area contributed by atoms with E-state index in [0.717, 1.165) is 0 Å². The minimum atomic E-state index is 0.567. The molecule has 2 aliphatic rings. The molecule has 2 rings (SSSR count). The fourth-order valence-electron chi connectivity index (χ4n) is 1.79. The SMILES string of the molecule is CC1(C)CC[C@H]2O[C@@H]2C1. The standard InChI is InChI=1S/C8H14O/c1-8(2)4-3-6-7(5-8)9-6/h6-7H,3-5H2,1-2H3/t6-,7-/m1/s1. The molecule has 0 bridgehead atoms. The first-order valence-corrected chi connectivity index (χ1v) is 3.83. The molecule has 0 radical (unpaired) electrons. The summed E-state index contributed by atoms with van der Waals surface area (Å²) in [6.45, 7) is 4.68. The highest BCUT2D eigenvalue weighted by Gasteiger charge is 2.46. The van der Waals surface area contributed by atoms with Crippen molar-refractivity contribution in [2.24, 2.45) is 5.41 Å². The minimum absolute atomic E-state index is 0.567. The molecule has 1 saturated carbocycles. The maximum absolute atomic E-state index is 5.41. The van der Waals surface area contributed by atoms with Crippen LogP contribution in [0.1, 0.15) is 33.1 Å². The number of rotatable bonds is 0. The highest BCUT2D eigenvalue weighted by molar-refractivity contribution is 4.95. The Hall–Kier alpha value is -0.0400. The molecular formula is C8H14O. The summed E-state index contributed by atoms with van der Waals surface area (Å²) in [5.41, 5.74) is 0.567. The molecule has 1 heterocycles. The predicted octanol–water partition coefficient (Wildman–Crippen LogP) is 1.96. The Labute approximate surface area is 56.4 Å². The molecule has 0 aromatic carbocycles. The van der Waals surface area contributed by atoms with E-state index in [1.807, 2.05) is 0 Å². The van der Waals surface area contributed by atoms with Gasteiger partial charge >= 0.3 is 0 Å². The lowest BCUT2D eigenvalue weighted by molar-refractivity contribution is 0.264. The second kappa shape index (κ2) is 1.51. The van der Waals surface area contributed by atoms with Gasteiger partial charge in [0.25, 0.3) is 0 Å². The van der Waals surface area contributed by atoms with E-state index in [-0.39, 0.29) is 0 Å². The molecule has 1 heteroatoms. The van der Waals surface area contributed by atoms with Crippen molar-refractivity contribution in [3.63, 3.8) is 0 Å². The third-order valence-corrected chi connectivity index (χ3v) is 2.55. The molecule has 0 unspecified atom stereocenters. The Bertz CT molecular complexity index is 129. The topological polar surface area (TPSA) is 12.5 Å². The van der Waals surface area contributed by atoms with Crippen LogP contribution in [-0.2, 0) is 4.74 Å². The average molecular weight is 126 g/mol. The van der Waals surface area contributed by atoms with Gasteiger partial charge in [-0.15, -0.1) is 0 Å². The van der Waals surface area contributed by atoms with Crippen LogP contribution in [0.25, 0.3) is 0 Å². The molecule has 0 aromatic rings. The maximum atomic E-state index is 5.41. The van der Waals surface area contributed by atoms with E-state index in [2.05, 4.69) is 13.8 Å². The minimum Gasteiger partial charge on any atom is -0.370 e. The Kier molecular flexibility index (Phi) is 0.963. The van der Waals surface area contributed by atoms with Gasteiger partial charge in [0, 0.05) is 0 Å². The highest BCUT2D eigenvalue weighted by Crippen LogP contribution is 2.45. The lowest BCUT2D eigenvalue weighted by Crippen LogP contribution is -2.20. The van der Waals surface area contributed by atoms with Gasteiger partial charge in [0.15, 0.2) is 0 Å². The molecule has 52 valence electrons. The molecule has 2 fully saturated rings. The fourth-order valence-corrected chi connectivity index (χ4v) is 1.79. The third kappa shape index (κ3) is 0.983. The summed E-state index contributed by atoms with van der Waals surface area (Å²) in [7, 11) is 0. The fraction of sp³-hybridized carbons (Fsp3) is 1.00. The highest BCUT2D eigenvalue weighted by atomic mass is 16.6. The second-order valence-corrected chi connectivity index (χ2v) is 4.12. The van der Waals surface area contributed by atoms with Gasteiger partial charge in [-0.3, -0.25) is 0 Å². The van der Waals surface area contributed by atoms with Crippen LogP contribution in [0.4, 0.5) is 0 Å². The number of fused-ring (bicyclic) bond motifs is 1. The molecule has 9 heavy (non-hydrogen) atoms. The zero-order valence-electron chi connectivity index (χ0n) is 6.18. The van der Waals surface area contributed by atoms with E-state index in [9.17, 15) is 0 Å². The molecule has 1 aliphatic heterocycles. The van der Waals surface area contributed by atoms with Gasteiger partial charge in [-0.05, 0) is 24.7 Å². The van der Waals surface area contributed by atoms with Crippen LogP contribution in [0.2, 0.25) is 0 Å². The lowest BCUT2D eigenvalue weighted by Gasteiger charge is -2.26. The van der Waals surface area contributed by atoms with Crippen molar-refractivity contribution in [3.8, 4) is 0 Å². The van der Waals surface area contributed by atoms with Gasteiger partial charge in [0.2, 0.25) is 0 Å². The summed E-state index contributed by atoms with van der Waals surface area (Å²) < 4.78 is 5.41. The van der Waals surface area contributed by atoms with Gasteiger partial charge in [0.05, 0.1) is 12.2 Å². The Balaban J connectivity index is 2.01. The van der Waals surface area contributed by atoms with Gasteiger partial charge in [-0.2, -0.15) is 0 Å². The molecule has 0 amide bonds. The quantitative estimate of drug-likeness (QED) is 0.452. The number of epoxide rings is 1. The van der Waals surface area contributed by atoms with Crippen LogP contribution in [0, 0.1) is 5.41 Å². The zero-order valence-corrected chi connectivity index (χ0v) is 6.18. The van der Waals surface area contributed by atoms with Crippen molar-refractivity contribution < 1.29 is 4.74 Å². The Morgan fingerprint density at radius 2 is 2.11 bits per heavy atom. The van der Waals surface area contributed by atoms with E-state index in [4.69, 9.17) is 4.74 Å². The molecule has 0 spiro atoms.